The lowest BCUT2D eigenvalue weighted by molar-refractivity contribution is -0.0259. The number of benzene rings is 2. The fourth-order valence-electron chi connectivity index (χ4n) is 3.21. The monoisotopic (exact) mass is 495 g/mol. The number of aromatic hydroxyl groups is 1. The normalized spacial score (nSPS) is 12.8. The molecule has 0 bridgehead atoms. The van der Waals surface area contributed by atoms with Gasteiger partial charge in [0.1, 0.15) is 16.3 Å². The van der Waals surface area contributed by atoms with E-state index in [9.17, 15) is 28.2 Å². The molecule has 33 heavy (non-hydrogen) atoms. The summed E-state index contributed by atoms with van der Waals surface area (Å²) in [5, 5.41) is 25.3. The highest BCUT2D eigenvalue weighted by molar-refractivity contribution is 7.89. The second kappa shape index (κ2) is 9.89. The third-order valence-corrected chi connectivity index (χ3v) is 7.23. The standard InChI is InChI=1S/C21H22ClN3O7S/c1-25(32-2)33(30,31)21-13(22)8-9-15(18(21)27)24-17-16(19(28)20(17)29)23-14(10-11-26)12-6-4-3-5-7-12/h3-9,14,23-24,26-27H,10-11H2,1-2H3/t14-/m1/s1. The molecule has 0 unspecified atom stereocenters. The van der Waals surface area contributed by atoms with Crippen LogP contribution < -0.4 is 21.5 Å². The number of nitrogens with zero attached hydrogens (tertiary/aromatic N) is 1. The Morgan fingerprint density at radius 1 is 1.09 bits per heavy atom. The molecule has 12 heteroatoms. The Kier molecular flexibility index (Phi) is 7.40. The maximum Gasteiger partial charge on any atom is 0.269 e. The number of hydrogen-bond acceptors (Lipinski definition) is 9. The van der Waals surface area contributed by atoms with Crippen molar-refractivity contribution in [1.29, 1.82) is 0 Å². The van der Waals surface area contributed by atoms with E-state index in [0.29, 0.717) is 4.47 Å². The maximum atomic E-state index is 12.6. The van der Waals surface area contributed by atoms with Gasteiger partial charge in [-0.25, -0.2) is 8.42 Å². The second-order valence-corrected chi connectivity index (χ2v) is 9.30. The highest BCUT2D eigenvalue weighted by Crippen LogP contribution is 2.40. The van der Waals surface area contributed by atoms with Crippen molar-refractivity contribution in [2.45, 2.75) is 17.4 Å². The lowest BCUT2D eigenvalue weighted by atomic mass is 10.0. The first-order valence-electron chi connectivity index (χ1n) is 9.70. The minimum atomic E-state index is -4.32. The van der Waals surface area contributed by atoms with Crippen molar-refractivity contribution >= 4 is 38.7 Å². The summed E-state index contributed by atoms with van der Waals surface area (Å²) < 4.78 is 25.8. The van der Waals surface area contributed by atoms with Crippen LogP contribution in [0.5, 0.6) is 5.75 Å². The van der Waals surface area contributed by atoms with Crippen molar-refractivity contribution in [3.63, 3.8) is 0 Å². The molecule has 3 aromatic carbocycles. The highest BCUT2D eigenvalue weighted by atomic mass is 35.5. The predicted molar refractivity (Wildman–Crippen MR) is 124 cm³/mol. The summed E-state index contributed by atoms with van der Waals surface area (Å²) in [5.41, 5.74) is -1.19. The SMILES string of the molecule is CON(C)S(=O)(=O)c1c(Cl)ccc(Nc2c(N[C@H](CCO)c3ccccc3)c(=O)c2=O)c1O. The zero-order valence-electron chi connectivity index (χ0n) is 17.7. The molecule has 0 radical (unpaired) electrons. The van der Waals surface area contributed by atoms with Crippen molar-refractivity contribution in [3.8, 4) is 5.75 Å². The smallest absolute Gasteiger partial charge is 0.269 e. The summed E-state index contributed by atoms with van der Waals surface area (Å²) in [4.78, 5) is 28.6. The molecule has 10 nitrogen and oxygen atoms in total. The summed E-state index contributed by atoms with van der Waals surface area (Å²) >= 11 is 6.01. The first kappa shape index (κ1) is 24.7. The van der Waals surface area contributed by atoms with E-state index in [-0.39, 0.29) is 35.1 Å². The third-order valence-electron chi connectivity index (χ3n) is 5.05. The van der Waals surface area contributed by atoms with Crippen molar-refractivity contribution in [2.75, 3.05) is 31.4 Å². The highest BCUT2D eigenvalue weighted by Gasteiger charge is 2.31. The van der Waals surface area contributed by atoms with Gasteiger partial charge in [-0.05, 0) is 24.1 Å². The summed E-state index contributed by atoms with van der Waals surface area (Å²) in [6.45, 7) is -0.170. The minimum Gasteiger partial charge on any atom is -0.504 e. The molecular formula is C21H22ClN3O7S. The molecule has 1 atom stereocenters. The number of hydrogen-bond donors (Lipinski definition) is 4. The van der Waals surface area contributed by atoms with Crippen molar-refractivity contribution in [2.24, 2.45) is 0 Å². The average Bonchev–Trinajstić information content (AvgIpc) is 2.81. The number of hydroxylamine groups is 1. The lowest BCUT2D eigenvalue weighted by Crippen LogP contribution is -2.37. The van der Waals surface area contributed by atoms with E-state index in [1.165, 1.54) is 12.1 Å². The Morgan fingerprint density at radius 2 is 1.73 bits per heavy atom. The fraction of sp³-hybridized carbons (Fsp3) is 0.238. The third kappa shape index (κ3) is 4.72. The average molecular weight is 496 g/mol. The van der Waals surface area contributed by atoms with E-state index in [0.717, 1.165) is 19.7 Å². The molecule has 0 saturated carbocycles. The Morgan fingerprint density at radius 3 is 2.33 bits per heavy atom. The number of rotatable bonds is 10. The number of halogens is 1. The molecule has 3 rings (SSSR count). The number of anilines is 3. The fourth-order valence-corrected chi connectivity index (χ4v) is 4.78. The van der Waals surface area contributed by atoms with Crippen LogP contribution in [-0.4, -0.2) is 43.9 Å². The number of phenolic OH excluding ortho intramolecular Hbond substituents is 1. The number of sulfonamides is 1. The quantitative estimate of drug-likeness (QED) is 0.189. The second-order valence-electron chi connectivity index (χ2n) is 7.02. The molecule has 3 aromatic rings. The minimum absolute atomic E-state index is 0.0462. The van der Waals surface area contributed by atoms with Gasteiger partial charge in [0, 0.05) is 13.7 Å². The van der Waals surface area contributed by atoms with Crippen LogP contribution >= 0.6 is 11.6 Å². The van der Waals surface area contributed by atoms with Crippen molar-refractivity contribution in [3.05, 3.63) is 73.5 Å². The van der Waals surface area contributed by atoms with Crippen LogP contribution in [0.25, 0.3) is 0 Å². The van der Waals surface area contributed by atoms with Crippen LogP contribution in [0, 0.1) is 0 Å². The first-order valence-corrected chi connectivity index (χ1v) is 11.5. The molecule has 0 aliphatic rings. The Bertz CT molecular complexity index is 1320. The van der Waals surface area contributed by atoms with E-state index in [4.69, 9.17) is 16.4 Å². The summed E-state index contributed by atoms with van der Waals surface area (Å²) in [6, 6.07) is 11.1. The van der Waals surface area contributed by atoms with E-state index >= 15 is 0 Å². The number of nitrogens with one attached hydrogen (secondary N) is 2. The zero-order valence-corrected chi connectivity index (χ0v) is 19.3. The summed E-state index contributed by atoms with van der Waals surface area (Å²) in [5.74, 6) is -0.750. The molecule has 4 N–H and O–H groups in total. The van der Waals surface area contributed by atoms with E-state index < -0.39 is 37.6 Å². The van der Waals surface area contributed by atoms with Crippen molar-refractivity contribution in [1.82, 2.24) is 4.47 Å². The predicted octanol–water partition coefficient (Wildman–Crippen LogP) is 2.10. The number of phenols is 1. The van der Waals surface area contributed by atoms with Gasteiger partial charge in [-0.1, -0.05) is 46.4 Å². The van der Waals surface area contributed by atoms with Gasteiger partial charge in [0.25, 0.3) is 20.9 Å². The number of aliphatic hydroxyl groups excluding tert-OH is 1. The van der Waals surface area contributed by atoms with Crippen LogP contribution in [0.1, 0.15) is 18.0 Å². The van der Waals surface area contributed by atoms with Gasteiger partial charge in [-0.2, -0.15) is 0 Å². The van der Waals surface area contributed by atoms with Crippen LogP contribution in [0.15, 0.2) is 56.9 Å². The van der Waals surface area contributed by atoms with Gasteiger partial charge in [0.2, 0.25) is 0 Å². The molecule has 0 aromatic heterocycles. The largest absolute Gasteiger partial charge is 0.504 e. The molecule has 0 aliphatic carbocycles. The molecule has 0 heterocycles. The molecule has 0 aliphatic heterocycles. The van der Waals surface area contributed by atoms with Crippen LogP contribution in [0.2, 0.25) is 5.02 Å². The van der Waals surface area contributed by atoms with Crippen molar-refractivity contribution < 1.29 is 23.5 Å². The van der Waals surface area contributed by atoms with Gasteiger partial charge >= 0.3 is 0 Å². The molecule has 0 saturated heterocycles. The van der Waals surface area contributed by atoms with Gasteiger partial charge < -0.3 is 20.8 Å². The maximum absolute atomic E-state index is 12.6. The molecule has 0 spiro atoms. The van der Waals surface area contributed by atoms with Crippen LogP contribution in [-0.2, 0) is 14.9 Å². The van der Waals surface area contributed by atoms with Crippen LogP contribution in [0.3, 0.4) is 0 Å². The number of aliphatic hydroxyl groups is 1. The van der Waals surface area contributed by atoms with Gasteiger partial charge in [-0.3, -0.25) is 14.4 Å². The molecular weight excluding hydrogens is 474 g/mol. The van der Waals surface area contributed by atoms with Crippen LogP contribution in [0.4, 0.5) is 17.1 Å². The van der Waals surface area contributed by atoms with E-state index in [1.807, 2.05) is 6.07 Å². The van der Waals surface area contributed by atoms with Gasteiger partial charge in [-0.15, -0.1) is 0 Å². The first-order chi connectivity index (χ1) is 15.6. The Balaban J connectivity index is 1.98. The Hall–Kier alpha value is -2.96. The van der Waals surface area contributed by atoms with Gasteiger partial charge in [0.05, 0.1) is 23.9 Å². The van der Waals surface area contributed by atoms with E-state index in [2.05, 4.69) is 10.6 Å². The molecule has 0 fully saturated rings. The Labute approximate surface area is 194 Å². The lowest BCUT2D eigenvalue weighted by Gasteiger charge is -2.23. The summed E-state index contributed by atoms with van der Waals surface area (Å²) in [6.07, 6.45) is 0.264. The topological polar surface area (TPSA) is 145 Å². The van der Waals surface area contributed by atoms with E-state index in [1.54, 1.807) is 24.3 Å². The molecule has 176 valence electrons. The zero-order chi connectivity index (χ0) is 24.3. The molecule has 0 amide bonds. The van der Waals surface area contributed by atoms with Gasteiger partial charge in [0.15, 0.2) is 5.75 Å². The summed E-state index contributed by atoms with van der Waals surface area (Å²) in [7, 11) is -2.07.